The quantitative estimate of drug-likeness (QED) is 0.709. The summed E-state index contributed by atoms with van der Waals surface area (Å²) in [6, 6.07) is 8.24. The second-order valence-corrected chi connectivity index (χ2v) is 5.59. The molecule has 3 rings (SSSR count). The molecular weight excluding hydrogens is 254 g/mol. The normalized spacial score (nSPS) is 24.8. The molecule has 1 fully saturated rings. The summed E-state index contributed by atoms with van der Waals surface area (Å²) in [4.78, 5) is 14.1. The lowest BCUT2D eigenvalue weighted by Crippen LogP contribution is -2.40. The van der Waals surface area contributed by atoms with Crippen molar-refractivity contribution in [1.82, 2.24) is 10.6 Å². The van der Waals surface area contributed by atoms with Gasteiger partial charge in [-0.2, -0.15) is 0 Å². The van der Waals surface area contributed by atoms with Crippen LogP contribution in [0.5, 0.6) is 0 Å². The van der Waals surface area contributed by atoms with Crippen LogP contribution in [0.15, 0.2) is 24.3 Å². The fourth-order valence-electron chi connectivity index (χ4n) is 2.97. The highest BCUT2D eigenvalue weighted by atomic mass is 16.3. The van der Waals surface area contributed by atoms with E-state index < -0.39 is 0 Å². The smallest absolute Gasteiger partial charge is 0.239 e. The van der Waals surface area contributed by atoms with Gasteiger partial charge in [-0.05, 0) is 18.1 Å². The number of fused-ring (bicyclic) bond motifs is 1. The lowest BCUT2D eigenvalue weighted by atomic mass is 10.1. The van der Waals surface area contributed by atoms with Crippen molar-refractivity contribution in [2.45, 2.75) is 12.5 Å². The summed E-state index contributed by atoms with van der Waals surface area (Å²) >= 11 is 0. The van der Waals surface area contributed by atoms with Crippen LogP contribution in [-0.4, -0.2) is 49.8 Å². The van der Waals surface area contributed by atoms with Gasteiger partial charge in [-0.25, -0.2) is 0 Å². The first-order chi connectivity index (χ1) is 9.74. The Bertz CT molecular complexity index is 492. The number of carbonyl (C=O) groups excluding carboxylic acids is 1. The van der Waals surface area contributed by atoms with Crippen LogP contribution in [0.1, 0.15) is 5.56 Å². The van der Waals surface area contributed by atoms with E-state index in [1.165, 1.54) is 11.3 Å². The van der Waals surface area contributed by atoms with Crippen molar-refractivity contribution >= 4 is 11.6 Å². The first-order valence-electron chi connectivity index (χ1n) is 7.22. The second-order valence-electron chi connectivity index (χ2n) is 5.59. The molecule has 1 saturated heterocycles. The van der Waals surface area contributed by atoms with E-state index in [1.54, 1.807) is 0 Å². The fraction of sp³-hybridized carbons (Fsp3) is 0.533. The first-order valence-corrected chi connectivity index (χ1v) is 7.22. The molecule has 108 valence electrons. The number of β-amino-alcohol motifs (C(OH)–C–C–N with tert-alkyl or cyclic N) is 1. The summed E-state index contributed by atoms with van der Waals surface area (Å²) in [6.45, 7) is 3.24. The molecular formula is C15H21N3O2. The Kier molecular flexibility index (Phi) is 3.89. The van der Waals surface area contributed by atoms with Gasteiger partial charge in [0.1, 0.15) is 0 Å². The van der Waals surface area contributed by atoms with Crippen LogP contribution in [0.4, 0.5) is 5.69 Å². The van der Waals surface area contributed by atoms with Crippen molar-refractivity contribution in [3.8, 4) is 0 Å². The third kappa shape index (κ3) is 2.78. The zero-order chi connectivity index (χ0) is 13.9. The number of hydrogen-bond acceptors (Lipinski definition) is 4. The molecule has 1 amide bonds. The number of nitrogens with zero attached hydrogens (tertiary/aromatic N) is 1. The largest absolute Gasteiger partial charge is 0.391 e. The fourth-order valence-corrected chi connectivity index (χ4v) is 2.97. The molecule has 0 aliphatic carbocycles. The molecule has 2 atom stereocenters. The zero-order valence-electron chi connectivity index (χ0n) is 11.5. The van der Waals surface area contributed by atoms with Gasteiger partial charge in [0.25, 0.3) is 0 Å². The van der Waals surface area contributed by atoms with Gasteiger partial charge in [0.15, 0.2) is 0 Å². The van der Waals surface area contributed by atoms with E-state index in [2.05, 4.69) is 27.7 Å². The molecule has 1 aromatic rings. The van der Waals surface area contributed by atoms with Gasteiger partial charge in [0, 0.05) is 37.8 Å². The summed E-state index contributed by atoms with van der Waals surface area (Å²) in [7, 11) is 0. The van der Waals surface area contributed by atoms with Crippen LogP contribution < -0.4 is 15.5 Å². The Morgan fingerprint density at radius 1 is 1.40 bits per heavy atom. The molecule has 0 aromatic heterocycles. The minimum atomic E-state index is -0.345. The summed E-state index contributed by atoms with van der Waals surface area (Å²) in [6.07, 6.45) is 0.664. The molecule has 20 heavy (non-hydrogen) atoms. The zero-order valence-corrected chi connectivity index (χ0v) is 11.5. The van der Waals surface area contributed by atoms with Crippen LogP contribution in [0, 0.1) is 5.92 Å². The maximum absolute atomic E-state index is 12.0. The van der Waals surface area contributed by atoms with E-state index in [-0.39, 0.29) is 17.9 Å². The van der Waals surface area contributed by atoms with E-state index in [9.17, 15) is 9.90 Å². The summed E-state index contributed by atoms with van der Waals surface area (Å²) in [5, 5.41) is 15.7. The van der Waals surface area contributed by atoms with Crippen LogP contribution >= 0.6 is 0 Å². The van der Waals surface area contributed by atoms with Gasteiger partial charge in [-0.3, -0.25) is 4.79 Å². The van der Waals surface area contributed by atoms with Gasteiger partial charge in [0.2, 0.25) is 5.91 Å². The Morgan fingerprint density at radius 2 is 2.25 bits per heavy atom. The molecule has 2 aliphatic rings. The van der Waals surface area contributed by atoms with Gasteiger partial charge in [-0.1, -0.05) is 18.2 Å². The monoisotopic (exact) mass is 275 g/mol. The maximum Gasteiger partial charge on any atom is 0.239 e. The minimum Gasteiger partial charge on any atom is -0.391 e. The lowest BCUT2D eigenvalue weighted by Gasteiger charge is -2.20. The van der Waals surface area contributed by atoms with Gasteiger partial charge >= 0.3 is 0 Å². The summed E-state index contributed by atoms with van der Waals surface area (Å²) in [5.74, 6) is 0.158. The number of hydrogen-bond donors (Lipinski definition) is 3. The van der Waals surface area contributed by atoms with Crippen LogP contribution in [0.25, 0.3) is 0 Å². The van der Waals surface area contributed by atoms with Crippen LogP contribution in [0.2, 0.25) is 0 Å². The SMILES string of the molecule is O=C(CN1CCc2ccccc21)NCC1CNCC1O. The summed E-state index contributed by atoms with van der Waals surface area (Å²) in [5.41, 5.74) is 2.49. The lowest BCUT2D eigenvalue weighted by molar-refractivity contribution is -0.120. The number of aliphatic hydroxyl groups is 1. The number of amides is 1. The molecule has 2 aliphatic heterocycles. The Hall–Kier alpha value is -1.59. The Morgan fingerprint density at radius 3 is 3.05 bits per heavy atom. The topological polar surface area (TPSA) is 64.6 Å². The average molecular weight is 275 g/mol. The van der Waals surface area contributed by atoms with Crippen molar-refractivity contribution in [3.63, 3.8) is 0 Å². The van der Waals surface area contributed by atoms with E-state index in [0.29, 0.717) is 19.6 Å². The van der Waals surface area contributed by atoms with E-state index in [1.807, 2.05) is 12.1 Å². The van der Waals surface area contributed by atoms with Gasteiger partial charge in [0.05, 0.1) is 12.6 Å². The standard InChI is InChI=1S/C15H21N3O2/c19-14-9-16-7-12(14)8-17-15(20)10-18-6-5-11-3-1-2-4-13(11)18/h1-4,12,14,16,19H,5-10H2,(H,17,20). The number of benzene rings is 1. The average Bonchev–Trinajstić information content (AvgIpc) is 3.04. The predicted molar refractivity (Wildman–Crippen MR) is 77.7 cm³/mol. The van der Waals surface area contributed by atoms with E-state index in [4.69, 9.17) is 0 Å². The van der Waals surface area contributed by atoms with Crippen molar-refractivity contribution in [2.24, 2.45) is 5.92 Å². The highest BCUT2D eigenvalue weighted by molar-refractivity contribution is 5.82. The van der Waals surface area contributed by atoms with Crippen LogP contribution in [0.3, 0.4) is 0 Å². The van der Waals surface area contributed by atoms with Crippen molar-refractivity contribution in [2.75, 3.05) is 37.6 Å². The third-order valence-electron chi connectivity index (χ3n) is 4.18. The Labute approximate surface area is 119 Å². The molecule has 5 nitrogen and oxygen atoms in total. The van der Waals surface area contributed by atoms with Gasteiger partial charge < -0.3 is 20.6 Å². The number of rotatable bonds is 4. The number of aliphatic hydroxyl groups excluding tert-OH is 1. The Balaban J connectivity index is 1.50. The van der Waals surface area contributed by atoms with E-state index >= 15 is 0 Å². The van der Waals surface area contributed by atoms with Crippen molar-refractivity contribution < 1.29 is 9.90 Å². The summed E-state index contributed by atoms with van der Waals surface area (Å²) < 4.78 is 0. The molecule has 3 N–H and O–H groups in total. The van der Waals surface area contributed by atoms with Crippen molar-refractivity contribution in [1.29, 1.82) is 0 Å². The molecule has 5 heteroatoms. The van der Waals surface area contributed by atoms with Gasteiger partial charge in [-0.15, -0.1) is 0 Å². The third-order valence-corrected chi connectivity index (χ3v) is 4.18. The molecule has 0 bridgehead atoms. The molecule has 1 aromatic carbocycles. The maximum atomic E-state index is 12.0. The minimum absolute atomic E-state index is 0.0285. The van der Waals surface area contributed by atoms with Crippen LogP contribution in [-0.2, 0) is 11.2 Å². The molecule has 2 unspecified atom stereocenters. The molecule has 0 radical (unpaired) electrons. The number of anilines is 1. The molecule has 0 saturated carbocycles. The first kappa shape index (κ1) is 13.4. The number of nitrogens with one attached hydrogen (secondary N) is 2. The highest BCUT2D eigenvalue weighted by Gasteiger charge is 2.26. The molecule has 2 heterocycles. The van der Waals surface area contributed by atoms with E-state index in [0.717, 1.165) is 19.5 Å². The number of carbonyl (C=O) groups is 1. The number of para-hydroxylation sites is 1. The highest BCUT2D eigenvalue weighted by Crippen LogP contribution is 2.26. The molecule has 0 spiro atoms. The van der Waals surface area contributed by atoms with Crippen molar-refractivity contribution in [3.05, 3.63) is 29.8 Å². The predicted octanol–water partition coefficient (Wildman–Crippen LogP) is -0.254. The second kappa shape index (κ2) is 5.81.